The number of carbonyl (C=O) groups excluding carboxylic acids is 4. The summed E-state index contributed by atoms with van der Waals surface area (Å²) >= 11 is 0. The number of nitrogens with zero attached hydrogens (tertiary/aromatic N) is 4. The normalized spacial score (nSPS) is 10.9. The molecule has 15 nitrogen and oxygen atoms in total. The molecule has 0 aliphatic carbocycles. The Bertz CT molecular complexity index is 2250. The van der Waals surface area contributed by atoms with Gasteiger partial charge in [-0.05, 0) is 84.8 Å². The van der Waals surface area contributed by atoms with Crippen LogP contribution in [0.1, 0.15) is 66.3 Å². The molecule has 302 valence electrons. The first-order valence-electron chi connectivity index (χ1n) is 18.8. The number of amidine groups is 1. The van der Waals surface area contributed by atoms with Crippen LogP contribution in [0.4, 0.5) is 16.3 Å². The van der Waals surface area contributed by atoms with E-state index in [9.17, 15) is 19.2 Å². The van der Waals surface area contributed by atoms with E-state index in [1.54, 1.807) is 72.9 Å². The van der Waals surface area contributed by atoms with E-state index in [0.717, 1.165) is 36.9 Å². The highest BCUT2D eigenvalue weighted by molar-refractivity contribution is 6.07. The summed E-state index contributed by atoms with van der Waals surface area (Å²) in [6.45, 7) is 2.78. The van der Waals surface area contributed by atoms with Gasteiger partial charge >= 0.3 is 18.0 Å². The molecule has 5 aromatic rings. The zero-order valence-electron chi connectivity index (χ0n) is 32.9. The Morgan fingerprint density at radius 1 is 0.914 bits per heavy atom. The highest BCUT2D eigenvalue weighted by Gasteiger charge is 2.22. The molecule has 0 aliphatic heterocycles. The van der Waals surface area contributed by atoms with Crippen molar-refractivity contribution in [2.75, 3.05) is 37.6 Å². The summed E-state index contributed by atoms with van der Waals surface area (Å²) in [5.41, 5.74) is 3.72. The highest BCUT2D eigenvalue weighted by atomic mass is 16.6. The van der Waals surface area contributed by atoms with Crippen molar-refractivity contribution in [1.29, 1.82) is 5.41 Å². The molecule has 0 saturated carbocycles. The molecule has 0 aliphatic rings. The number of hydrogen-bond acceptors (Lipinski definition) is 12. The number of hydrogen-bond donors (Lipinski definition) is 3. The van der Waals surface area contributed by atoms with Gasteiger partial charge in [0.1, 0.15) is 17.5 Å². The van der Waals surface area contributed by atoms with Crippen molar-refractivity contribution in [2.45, 2.75) is 45.6 Å². The van der Waals surface area contributed by atoms with Gasteiger partial charge in [0.2, 0.25) is 0 Å². The number of alkyl carbamates (subject to hydrolysis) is 1. The predicted molar refractivity (Wildman–Crippen MR) is 220 cm³/mol. The summed E-state index contributed by atoms with van der Waals surface area (Å²) in [5, 5.41) is 14.0. The van der Waals surface area contributed by atoms with Crippen molar-refractivity contribution >= 4 is 58.4 Å². The number of ether oxygens (including phenoxy) is 4. The van der Waals surface area contributed by atoms with Crippen LogP contribution in [-0.4, -0.2) is 71.7 Å². The standard InChI is InChI=1S/C43H47N7O8/c1-5-6-7-10-25-57-43(54)48-41(44)30-14-17-32(18-15-30)46-28-38-47-33-27-31(16-19-34(33)49(38)2)42(53)50(37-11-8-9-23-45-37)24-22-40(52)58-35-20-12-29(26-36(35)55-3)13-21-39(51)56-4/h8-9,11-21,23,26-27,46H,5-7,10,22,24-25,28H2,1-4H3,(H2,44,48,54)/b21-13+. The van der Waals surface area contributed by atoms with Gasteiger partial charge in [-0.2, -0.15) is 0 Å². The van der Waals surface area contributed by atoms with Gasteiger partial charge in [-0.3, -0.25) is 25.2 Å². The van der Waals surface area contributed by atoms with E-state index in [0.29, 0.717) is 47.0 Å². The Hall–Kier alpha value is -7.03. The molecule has 0 atom stereocenters. The van der Waals surface area contributed by atoms with Crippen LogP contribution in [-0.2, 0) is 32.7 Å². The maximum atomic E-state index is 14.0. The van der Waals surface area contributed by atoms with E-state index in [2.05, 4.69) is 27.3 Å². The Kier molecular flexibility index (Phi) is 15.1. The Morgan fingerprint density at radius 3 is 2.43 bits per heavy atom. The largest absolute Gasteiger partial charge is 0.493 e. The van der Waals surface area contributed by atoms with Gasteiger partial charge in [0.05, 0.1) is 44.8 Å². The molecule has 2 heterocycles. The molecular weight excluding hydrogens is 743 g/mol. The van der Waals surface area contributed by atoms with Gasteiger partial charge in [0, 0.05) is 42.7 Å². The molecule has 2 aromatic heterocycles. The maximum absolute atomic E-state index is 14.0. The predicted octanol–water partition coefficient (Wildman–Crippen LogP) is 7.05. The molecule has 3 N–H and O–H groups in total. The van der Waals surface area contributed by atoms with Crippen LogP contribution >= 0.6 is 0 Å². The van der Waals surface area contributed by atoms with Crippen LogP contribution in [0.2, 0.25) is 0 Å². The molecule has 58 heavy (non-hydrogen) atoms. The maximum Gasteiger partial charge on any atom is 0.412 e. The summed E-state index contributed by atoms with van der Waals surface area (Å²) in [6.07, 6.45) is 7.56. The summed E-state index contributed by atoms with van der Waals surface area (Å²) in [5.74, 6) is 0.00377. The zero-order chi connectivity index (χ0) is 41.4. The zero-order valence-corrected chi connectivity index (χ0v) is 32.9. The number of esters is 2. The molecule has 3 aromatic carbocycles. The van der Waals surface area contributed by atoms with Crippen LogP contribution in [0.25, 0.3) is 17.1 Å². The van der Waals surface area contributed by atoms with E-state index < -0.39 is 18.0 Å². The number of aromatic nitrogens is 3. The molecular formula is C43H47N7O8. The fourth-order valence-corrected chi connectivity index (χ4v) is 5.85. The Labute approximate surface area is 336 Å². The van der Waals surface area contributed by atoms with Crippen LogP contribution in [0.15, 0.2) is 91.1 Å². The monoisotopic (exact) mass is 789 g/mol. The topological polar surface area (TPSA) is 187 Å². The number of aryl methyl sites for hydroxylation is 1. The third kappa shape index (κ3) is 11.5. The number of methoxy groups -OCH3 is 2. The van der Waals surface area contributed by atoms with Crippen LogP contribution < -0.4 is 25.0 Å². The third-order valence-electron chi connectivity index (χ3n) is 9.04. The van der Waals surface area contributed by atoms with Gasteiger partial charge in [-0.15, -0.1) is 0 Å². The number of imidazole rings is 1. The molecule has 0 radical (unpaired) electrons. The van der Waals surface area contributed by atoms with E-state index >= 15 is 0 Å². The number of pyridine rings is 1. The van der Waals surface area contributed by atoms with Gasteiger partial charge in [-0.25, -0.2) is 19.6 Å². The minimum absolute atomic E-state index is 0.0239. The molecule has 2 amide bonds. The number of unbranched alkanes of at least 4 members (excludes halogenated alkanes) is 3. The van der Waals surface area contributed by atoms with E-state index in [1.165, 1.54) is 25.2 Å². The van der Waals surface area contributed by atoms with Crippen molar-refractivity contribution in [3.05, 3.63) is 114 Å². The molecule has 0 fully saturated rings. The van der Waals surface area contributed by atoms with Gasteiger partial charge in [0.25, 0.3) is 5.91 Å². The number of carbonyl (C=O) groups is 4. The van der Waals surface area contributed by atoms with Crippen molar-refractivity contribution < 1.29 is 38.1 Å². The average Bonchev–Trinajstić information content (AvgIpc) is 3.56. The lowest BCUT2D eigenvalue weighted by atomic mass is 10.1. The lowest BCUT2D eigenvalue weighted by Crippen LogP contribution is -2.34. The quantitative estimate of drug-likeness (QED) is 0.0206. The third-order valence-corrected chi connectivity index (χ3v) is 9.04. The van der Waals surface area contributed by atoms with E-state index in [4.69, 9.17) is 24.6 Å². The van der Waals surface area contributed by atoms with Crippen molar-refractivity contribution in [2.24, 2.45) is 7.05 Å². The second-order valence-corrected chi connectivity index (χ2v) is 13.1. The summed E-state index contributed by atoms with van der Waals surface area (Å²) in [7, 11) is 4.61. The van der Waals surface area contributed by atoms with Gasteiger partial charge < -0.3 is 28.8 Å². The molecule has 5 rings (SSSR count). The summed E-state index contributed by atoms with van der Waals surface area (Å²) in [6, 6.07) is 22.3. The van der Waals surface area contributed by atoms with Crippen LogP contribution in [0.3, 0.4) is 0 Å². The smallest absolute Gasteiger partial charge is 0.412 e. The van der Waals surface area contributed by atoms with Crippen molar-refractivity contribution in [3.8, 4) is 11.5 Å². The fourth-order valence-electron chi connectivity index (χ4n) is 5.85. The van der Waals surface area contributed by atoms with Crippen LogP contribution in [0.5, 0.6) is 11.5 Å². The lowest BCUT2D eigenvalue weighted by Gasteiger charge is -2.21. The first kappa shape index (κ1) is 42.1. The Balaban J connectivity index is 1.21. The van der Waals surface area contributed by atoms with E-state index in [-0.39, 0.29) is 36.2 Å². The molecule has 0 saturated heterocycles. The lowest BCUT2D eigenvalue weighted by molar-refractivity contribution is -0.135. The van der Waals surface area contributed by atoms with Gasteiger partial charge in [0.15, 0.2) is 11.5 Å². The summed E-state index contributed by atoms with van der Waals surface area (Å²) in [4.78, 5) is 61.2. The molecule has 0 bridgehead atoms. The summed E-state index contributed by atoms with van der Waals surface area (Å²) < 4.78 is 22.7. The molecule has 0 spiro atoms. The number of rotatable bonds is 18. The second kappa shape index (κ2) is 20.8. The fraction of sp³-hybridized carbons (Fsp3) is 0.279. The van der Waals surface area contributed by atoms with Crippen LogP contribution in [0, 0.1) is 5.41 Å². The van der Waals surface area contributed by atoms with Crippen molar-refractivity contribution in [1.82, 2.24) is 19.9 Å². The highest BCUT2D eigenvalue weighted by Crippen LogP contribution is 2.29. The minimum Gasteiger partial charge on any atom is -0.493 e. The number of fused-ring (bicyclic) bond motifs is 1. The minimum atomic E-state index is -0.644. The first-order valence-corrected chi connectivity index (χ1v) is 18.8. The number of amides is 2. The van der Waals surface area contributed by atoms with Crippen molar-refractivity contribution in [3.63, 3.8) is 0 Å². The Morgan fingerprint density at radius 2 is 1.71 bits per heavy atom. The average molecular weight is 790 g/mol. The molecule has 0 unspecified atom stereocenters. The SMILES string of the molecule is CCCCCCOC(=O)NC(=N)c1ccc(NCc2nc3cc(C(=O)N(CCC(=O)Oc4ccc(/C=C/C(=O)OC)cc4OC)c4ccccn4)ccc3n2C)cc1. The van der Waals surface area contributed by atoms with Gasteiger partial charge in [-0.1, -0.05) is 38.3 Å². The number of benzene rings is 3. The number of nitrogens with one attached hydrogen (secondary N) is 3. The first-order chi connectivity index (χ1) is 28.1. The van der Waals surface area contributed by atoms with E-state index in [1.807, 2.05) is 29.8 Å². The molecule has 15 heteroatoms. The second-order valence-electron chi connectivity index (χ2n) is 13.1. The number of anilines is 2.